The van der Waals surface area contributed by atoms with Gasteiger partial charge in [0.15, 0.2) is 0 Å². The third kappa shape index (κ3) is 11.1. The second kappa shape index (κ2) is 8.92. The fourth-order valence-electron chi connectivity index (χ4n) is 2.63. The molecule has 128 valence electrons. The molecule has 0 aromatic carbocycles. The number of aliphatic carboxylic acids is 1. The number of carboxylic acids is 1. The number of hydrogen-bond donors (Lipinski definition) is 2. The third-order valence-corrected chi connectivity index (χ3v) is 3.83. The molecule has 0 amide bonds. The minimum absolute atomic E-state index is 0.0265. The SMILES string of the molecule is [B]C(C)(CCC(=O)O)OCCC(C)(C)NC(C)(C)CCCC. The van der Waals surface area contributed by atoms with Gasteiger partial charge in [-0.15, -0.1) is 0 Å². The summed E-state index contributed by atoms with van der Waals surface area (Å²) < 4.78 is 5.69. The lowest BCUT2D eigenvalue weighted by molar-refractivity contribution is -0.138. The van der Waals surface area contributed by atoms with E-state index >= 15 is 0 Å². The first-order chi connectivity index (χ1) is 9.89. The van der Waals surface area contributed by atoms with E-state index in [-0.39, 0.29) is 17.5 Å². The highest BCUT2D eigenvalue weighted by Gasteiger charge is 2.28. The van der Waals surface area contributed by atoms with Crippen LogP contribution in [0.3, 0.4) is 0 Å². The van der Waals surface area contributed by atoms with Crippen LogP contribution in [0, 0.1) is 0 Å². The summed E-state index contributed by atoms with van der Waals surface area (Å²) in [6, 6.07) is 0. The molecule has 2 radical (unpaired) electrons. The van der Waals surface area contributed by atoms with E-state index < -0.39 is 11.5 Å². The topological polar surface area (TPSA) is 58.6 Å². The maximum absolute atomic E-state index is 10.6. The zero-order valence-electron chi connectivity index (χ0n) is 15.3. The number of ether oxygens (including phenoxy) is 1. The Morgan fingerprint density at radius 3 is 2.14 bits per heavy atom. The first-order valence-corrected chi connectivity index (χ1v) is 8.33. The van der Waals surface area contributed by atoms with Crippen LogP contribution in [0.4, 0.5) is 0 Å². The standard InChI is InChI=1S/C17H34BNO3/c1-7-8-10-15(2,3)19-16(4,5)12-13-22-17(6,18)11-9-14(20)21/h19H,7-13H2,1-6H3,(H,20,21). The first-order valence-electron chi connectivity index (χ1n) is 8.33. The number of carboxylic acid groups (broad SMARTS) is 1. The Bertz CT molecular complexity index is 341. The summed E-state index contributed by atoms with van der Waals surface area (Å²) in [5, 5.41) is 12.4. The first kappa shape index (κ1) is 21.5. The van der Waals surface area contributed by atoms with E-state index in [0.29, 0.717) is 13.0 Å². The van der Waals surface area contributed by atoms with Crippen LogP contribution in [0.25, 0.3) is 0 Å². The molecule has 0 bridgehead atoms. The molecule has 0 aliphatic rings. The minimum atomic E-state index is -0.883. The lowest BCUT2D eigenvalue weighted by Crippen LogP contribution is -2.52. The molecular formula is C17H34BNO3. The van der Waals surface area contributed by atoms with Crippen LogP contribution in [-0.4, -0.2) is 42.1 Å². The molecule has 22 heavy (non-hydrogen) atoms. The Morgan fingerprint density at radius 1 is 1.09 bits per heavy atom. The highest BCUT2D eigenvalue weighted by Crippen LogP contribution is 2.21. The van der Waals surface area contributed by atoms with Crippen molar-refractivity contribution in [1.29, 1.82) is 0 Å². The summed E-state index contributed by atoms with van der Waals surface area (Å²) in [4.78, 5) is 10.6. The average molecular weight is 311 g/mol. The van der Waals surface area contributed by atoms with E-state index in [1.807, 2.05) is 0 Å². The van der Waals surface area contributed by atoms with Gasteiger partial charge in [0, 0.05) is 29.6 Å². The number of nitrogens with one attached hydrogen (secondary N) is 1. The molecule has 1 unspecified atom stereocenters. The van der Waals surface area contributed by atoms with Gasteiger partial charge in [-0.05, 0) is 53.9 Å². The number of carbonyl (C=O) groups is 1. The fraction of sp³-hybridized carbons (Fsp3) is 0.941. The van der Waals surface area contributed by atoms with Crippen LogP contribution in [0.5, 0.6) is 0 Å². The van der Waals surface area contributed by atoms with E-state index in [1.54, 1.807) is 6.92 Å². The van der Waals surface area contributed by atoms with Crippen molar-refractivity contribution in [3.8, 4) is 0 Å². The highest BCUT2D eigenvalue weighted by molar-refractivity contribution is 6.14. The van der Waals surface area contributed by atoms with E-state index in [1.165, 1.54) is 12.8 Å². The summed E-state index contributed by atoms with van der Waals surface area (Å²) >= 11 is 0. The smallest absolute Gasteiger partial charge is 0.303 e. The van der Waals surface area contributed by atoms with Crippen molar-refractivity contribution in [1.82, 2.24) is 5.32 Å². The Kier molecular flexibility index (Phi) is 8.70. The lowest BCUT2D eigenvalue weighted by atomic mass is 9.79. The molecule has 4 nitrogen and oxygen atoms in total. The normalized spacial score (nSPS) is 15.5. The fourth-order valence-corrected chi connectivity index (χ4v) is 2.63. The average Bonchev–Trinajstić information content (AvgIpc) is 2.32. The number of unbranched alkanes of at least 4 members (excludes halogenated alkanes) is 1. The molecule has 5 heteroatoms. The Hall–Kier alpha value is -0.545. The zero-order valence-corrected chi connectivity index (χ0v) is 15.3. The Labute approximate surface area is 137 Å². The minimum Gasteiger partial charge on any atom is -0.481 e. The molecule has 0 fully saturated rings. The molecule has 0 aromatic rings. The molecular weight excluding hydrogens is 277 g/mol. The van der Waals surface area contributed by atoms with Gasteiger partial charge in [0.1, 0.15) is 7.85 Å². The van der Waals surface area contributed by atoms with Crippen molar-refractivity contribution in [3.63, 3.8) is 0 Å². The monoisotopic (exact) mass is 311 g/mol. The van der Waals surface area contributed by atoms with Gasteiger partial charge in [-0.25, -0.2) is 0 Å². The third-order valence-electron chi connectivity index (χ3n) is 3.83. The number of rotatable bonds is 12. The second-order valence-corrected chi connectivity index (χ2v) is 7.80. The predicted octanol–water partition coefficient (Wildman–Crippen LogP) is 3.48. The van der Waals surface area contributed by atoms with Crippen LogP contribution in [0.1, 0.15) is 80.1 Å². The van der Waals surface area contributed by atoms with Gasteiger partial charge in [0.05, 0.1) is 0 Å². The maximum atomic E-state index is 10.6. The van der Waals surface area contributed by atoms with Gasteiger partial charge in [-0.2, -0.15) is 0 Å². The molecule has 0 saturated heterocycles. The highest BCUT2D eigenvalue weighted by atomic mass is 16.5. The summed E-state index contributed by atoms with van der Waals surface area (Å²) in [7, 11) is 5.98. The maximum Gasteiger partial charge on any atom is 0.303 e. The van der Waals surface area contributed by atoms with Crippen LogP contribution in [0.2, 0.25) is 0 Å². The summed E-state index contributed by atoms with van der Waals surface area (Å²) in [5.41, 5.74) is -0.846. The van der Waals surface area contributed by atoms with Crippen LogP contribution >= 0.6 is 0 Å². The molecule has 0 spiro atoms. The van der Waals surface area contributed by atoms with Crippen molar-refractivity contribution >= 4 is 13.8 Å². The van der Waals surface area contributed by atoms with Gasteiger partial charge < -0.3 is 15.2 Å². The van der Waals surface area contributed by atoms with Gasteiger partial charge in [-0.3, -0.25) is 4.79 Å². The molecule has 0 aliphatic carbocycles. The van der Waals surface area contributed by atoms with Gasteiger partial charge in [0.25, 0.3) is 0 Å². The van der Waals surface area contributed by atoms with Crippen LogP contribution in [-0.2, 0) is 9.53 Å². The van der Waals surface area contributed by atoms with Gasteiger partial charge in [-0.1, -0.05) is 19.8 Å². The molecule has 0 aromatic heterocycles. The predicted molar refractivity (Wildman–Crippen MR) is 92.4 cm³/mol. The Balaban J connectivity index is 4.23. The molecule has 0 rings (SSSR count). The van der Waals surface area contributed by atoms with Crippen molar-refractivity contribution in [2.24, 2.45) is 0 Å². The van der Waals surface area contributed by atoms with Crippen molar-refractivity contribution < 1.29 is 14.6 Å². The van der Waals surface area contributed by atoms with Crippen molar-refractivity contribution in [2.45, 2.75) is 96.6 Å². The molecule has 2 N–H and O–H groups in total. The van der Waals surface area contributed by atoms with E-state index in [4.69, 9.17) is 17.7 Å². The van der Waals surface area contributed by atoms with Crippen LogP contribution < -0.4 is 5.32 Å². The van der Waals surface area contributed by atoms with E-state index in [0.717, 1.165) is 12.8 Å². The summed E-state index contributed by atoms with van der Waals surface area (Å²) in [5.74, 6) is -0.847. The molecule has 0 heterocycles. The zero-order chi connectivity index (χ0) is 17.4. The van der Waals surface area contributed by atoms with Gasteiger partial charge in [0.2, 0.25) is 0 Å². The van der Waals surface area contributed by atoms with Gasteiger partial charge >= 0.3 is 5.97 Å². The second-order valence-electron chi connectivity index (χ2n) is 7.80. The van der Waals surface area contributed by atoms with Crippen LogP contribution in [0.15, 0.2) is 0 Å². The molecule has 1 atom stereocenters. The largest absolute Gasteiger partial charge is 0.481 e. The van der Waals surface area contributed by atoms with E-state index in [2.05, 4.69) is 39.9 Å². The van der Waals surface area contributed by atoms with E-state index in [9.17, 15) is 4.79 Å². The summed E-state index contributed by atoms with van der Waals surface area (Å²) in [6.45, 7) is 13.2. The quantitative estimate of drug-likeness (QED) is 0.542. The van der Waals surface area contributed by atoms with Crippen molar-refractivity contribution in [3.05, 3.63) is 0 Å². The molecule has 0 saturated carbocycles. The summed E-state index contributed by atoms with van der Waals surface area (Å²) in [6.07, 6.45) is 4.71. The number of hydrogen-bond acceptors (Lipinski definition) is 3. The van der Waals surface area contributed by atoms with Crippen molar-refractivity contribution in [2.75, 3.05) is 6.61 Å². The lowest BCUT2D eigenvalue weighted by Gasteiger charge is -2.38. The Morgan fingerprint density at radius 2 is 1.64 bits per heavy atom. The molecule has 0 aliphatic heterocycles.